The molecule has 0 aliphatic rings. The Labute approximate surface area is 127 Å². The number of amides is 1. The van der Waals surface area contributed by atoms with Crippen LogP contribution in [0.1, 0.15) is 40.3 Å². The summed E-state index contributed by atoms with van der Waals surface area (Å²) in [5.74, 6) is 0. The minimum Gasteiger partial charge on any atom is -0.444 e. The van der Waals surface area contributed by atoms with E-state index < -0.39 is 5.60 Å². The Balaban J connectivity index is 2.34. The highest BCUT2D eigenvalue weighted by molar-refractivity contribution is 5.68. The first-order chi connectivity index (χ1) is 9.87. The van der Waals surface area contributed by atoms with Crippen molar-refractivity contribution < 1.29 is 9.53 Å². The predicted molar refractivity (Wildman–Crippen MR) is 83.1 cm³/mol. The van der Waals surface area contributed by atoms with Crippen LogP contribution in [0.5, 0.6) is 0 Å². The second-order valence-corrected chi connectivity index (χ2v) is 5.88. The van der Waals surface area contributed by atoms with E-state index in [9.17, 15) is 4.79 Å². The molecular formula is C15H28N4O2. The Bertz CT molecular complexity index is 437. The Morgan fingerprint density at radius 1 is 1.43 bits per heavy atom. The summed E-state index contributed by atoms with van der Waals surface area (Å²) in [7, 11) is 0. The lowest BCUT2D eigenvalue weighted by Gasteiger charge is -2.26. The number of nitrogens with zero attached hydrogens (tertiary/aromatic N) is 3. The number of hydrogen-bond donors (Lipinski definition) is 1. The highest BCUT2D eigenvalue weighted by Gasteiger charge is 2.20. The van der Waals surface area contributed by atoms with Crippen LogP contribution in [0, 0.1) is 0 Å². The lowest BCUT2D eigenvalue weighted by molar-refractivity contribution is 0.0262. The summed E-state index contributed by atoms with van der Waals surface area (Å²) in [4.78, 5) is 13.7. The van der Waals surface area contributed by atoms with Crippen molar-refractivity contribution in [1.82, 2.24) is 20.0 Å². The Morgan fingerprint density at radius 3 is 2.71 bits per heavy atom. The fraction of sp³-hybridized carbons (Fsp3) is 0.733. The van der Waals surface area contributed by atoms with Crippen LogP contribution in [-0.2, 0) is 17.8 Å². The van der Waals surface area contributed by atoms with Crippen molar-refractivity contribution in [2.75, 3.05) is 19.6 Å². The van der Waals surface area contributed by atoms with Gasteiger partial charge < -0.3 is 15.0 Å². The van der Waals surface area contributed by atoms with Crippen LogP contribution >= 0.6 is 0 Å². The smallest absolute Gasteiger partial charge is 0.410 e. The molecule has 0 saturated heterocycles. The molecule has 1 aromatic heterocycles. The van der Waals surface area contributed by atoms with Gasteiger partial charge in [0.1, 0.15) is 5.60 Å². The molecule has 0 bridgehead atoms. The topological polar surface area (TPSA) is 59.4 Å². The molecule has 0 fully saturated rings. The van der Waals surface area contributed by atoms with Gasteiger partial charge in [-0.3, -0.25) is 4.68 Å². The molecule has 120 valence electrons. The summed E-state index contributed by atoms with van der Waals surface area (Å²) >= 11 is 0. The first-order valence-corrected chi connectivity index (χ1v) is 7.56. The first-order valence-electron chi connectivity index (χ1n) is 7.56. The molecule has 1 amide bonds. The molecule has 21 heavy (non-hydrogen) atoms. The predicted octanol–water partition coefficient (Wildman–Crippen LogP) is 2.25. The van der Waals surface area contributed by atoms with Crippen molar-refractivity contribution in [2.24, 2.45) is 0 Å². The third-order valence-electron chi connectivity index (χ3n) is 3.00. The van der Waals surface area contributed by atoms with Crippen molar-refractivity contribution in [1.29, 1.82) is 0 Å². The van der Waals surface area contributed by atoms with Crippen molar-refractivity contribution in [3.8, 4) is 0 Å². The second kappa shape index (κ2) is 8.02. The number of aromatic nitrogens is 2. The lowest BCUT2D eigenvalue weighted by atomic mass is 10.2. The zero-order chi connectivity index (χ0) is 15.9. The molecule has 1 N–H and O–H groups in total. The molecule has 0 aliphatic heterocycles. The van der Waals surface area contributed by atoms with Gasteiger partial charge in [-0.1, -0.05) is 0 Å². The Morgan fingerprint density at radius 2 is 2.14 bits per heavy atom. The fourth-order valence-corrected chi connectivity index (χ4v) is 1.93. The molecule has 6 heteroatoms. The number of hydrogen-bond acceptors (Lipinski definition) is 4. The number of carbonyl (C=O) groups excluding carboxylic acids is 1. The maximum absolute atomic E-state index is 12.0. The maximum atomic E-state index is 12.0. The summed E-state index contributed by atoms with van der Waals surface area (Å²) in [6, 6.07) is 2.00. The molecule has 1 rings (SSSR count). The fourth-order valence-electron chi connectivity index (χ4n) is 1.93. The van der Waals surface area contributed by atoms with Gasteiger partial charge in [-0.25, -0.2) is 4.79 Å². The van der Waals surface area contributed by atoms with Crippen LogP contribution in [0.2, 0.25) is 0 Å². The average Bonchev–Trinajstić information content (AvgIpc) is 2.84. The summed E-state index contributed by atoms with van der Waals surface area (Å²) in [6.45, 7) is 13.3. The number of likely N-dealkylation sites (N-methyl/N-ethyl adjacent to an activating group) is 1. The maximum Gasteiger partial charge on any atom is 0.410 e. The second-order valence-electron chi connectivity index (χ2n) is 5.88. The zero-order valence-corrected chi connectivity index (χ0v) is 13.8. The molecule has 0 aromatic carbocycles. The van der Waals surface area contributed by atoms with Crippen molar-refractivity contribution in [3.05, 3.63) is 18.0 Å². The minimum atomic E-state index is -0.453. The van der Waals surface area contributed by atoms with Crippen molar-refractivity contribution in [2.45, 2.75) is 53.3 Å². The highest BCUT2D eigenvalue weighted by atomic mass is 16.6. The Hall–Kier alpha value is -1.56. The largest absolute Gasteiger partial charge is 0.444 e. The molecule has 0 aliphatic carbocycles. The zero-order valence-electron chi connectivity index (χ0n) is 13.8. The van der Waals surface area contributed by atoms with Gasteiger partial charge in [-0.15, -0.1) is 0 Å². The molecule has 1 aromatic rings. The van der Waals surface area contributed by atoms with E-state index in [2.05, 4.69) is 17.3 Å². The molecule has 0 atom stereocenters. The van der Waals surface area contributed by atoms with Gasteiger partial charge >= 0.3 is 6.09 Å². The number of nitrogens with one attached hydrogen (secondary N) is 1. The quantitative estimate of drug-likeness (QED) is 0.784. The van der Waals surface area contributed by atoms with E-state index in [0.29, 0.717) is 13.1 Å². The van der Waals surface area contributed by atoms with Crippen LogP contribution in [0.3, 0.4) is 0 Å². The van der Waals surface area contributed by atoms with Crippen molar-refractivity contribution in [3.63, 3.8) is 0 Å². The van der Waals surface area contributed by atoms with Crippen LogP contribution in [0.4, 0.5) is 4.79 Å². The third kappa shape index (κ3) is 6.16. The minimum absolute atomic E-state index is 0.259. The SMILES string of the molecule is CCN(CCNCc1ccnn1CC)C(=O)OC(C)(C)C. The molecular weight excluding hydrogens is 268 g/mol. The summed E-state index contributed by atoms with van der Waals surface area (Å²) in [6.07, 6.45) is 1.55. The number of aryl methyl sites for hydroxylation is 1. The molecule has 0 spiro atoms. The average molecular weight is 296 g/mol. The summed E-state index contributed by atoms with van der Waals surface area (Å²) in [5, 5.41) is 7.56. The van der Waals surface area contributed by atoms with E-state index in [1.807, 2.05) is 38.4 Å². The van der Waals surface area contributed by atoms with E-state index in [1.165, 1.54) is 0 Å². The molecule has 0 saturated carbocycles. The van der Waals surface area contributed by atoms with Gasteiger partial charge in [-0.2, -0.15) is 5.10 Å². The van der Waals surface area contributed by atoms with Gasteiger partial charge in [0, 0.05) is 38.9 Å². The van der Waals surface area contributed by atoms with E-state index in [4.69, 9.17) is 4.74 Å². The van der Waals surface area contributed by atoms with Crippen LogP contribution < -0.4 is 5.32 Å². The van der Waals surface area contributed by atoms with E-state index in [0.717, 1.165) is 25.3 Å². The van der Waals surface area contributed by atoms with E-state index >= 15 is 0 Å². The standard InChI is InChI=1S/C15H28N4O2/c1-6-18(14(20)21-15(3,4)5)11-10-16-12-13-8-9-17-19(13)7-2/h8-9,16H,6-7,10-12H2,1-5H3. The molecule has 0 radical (unpaired) electrons. The lowest BCUT2D eigenvalue weighted by Crippen LogP contribution is -2.40. The number of ether oxygens (including phenoxy) is 1. The monoisotopic (exact) mass is 296 g/mol. The number of rotatable bonds is 7. The van der Waals surface area contributed by atoms with Crippen LogP contribution in [0.15, 0.2) is 12.3 Å². The van der Waals surface area contributed by atoms with Gasteiger partial charge in [-0.05, 0) is 40.7 Å². The normalized spacial score (nSPS) is 11.5. The summed E-state index contributed by atoms with van der Waals surface area (Å²) in [5.41, 5.74) is 0.698. The first kappa shape index (κ1) is 17.5. The van der Waals surface area contributed by atoms with Gasteiger partial charge in [0.2, 0.25) is 0 Å². The third-order valence-corrected chi connectivity index (χ3v) is 3.00. The Kier molecular flexibility index (Phi) is 6.68. The molecule has 1 heterocycles. The van der Waals surface area contributed by atoms with Crippen LogP contribution in [-0.4, -0.2) is 46.0 Å². The molecule has 0 unspecified atom stereocenters. The van der Waals surface area contributed by atoms with Gasteiger partial charge in [0.15, 0.2) is 0 Å². The van der Waals surface area contributed by atoms with Gasteiger partial charge in [0.25, 0.3) is 0 Å². The van der Waals surface area contributed by atoms with Gasteiger partial charge in [0.05, 0.1) is 5.69 Å². The number of carbonyl (C=O) groups is 1. The van der Waals surface area contributed by atoms with Crippen molar-refractivity contribution >= 4 is 6.09 Å². The molecule has 6 nitrogen and oxygen atoms in total. The van der Waals surface area contributed by atoms with E-state index in [1.54, 1.807) is 11.1 Å². The highest BCUT2D eigenvalue weighted by Crippen LogP contribution is 2.09. The summed E-state index contributed by atoms with van der Waals surface area (Å²) < 4.78 is 7.33. The van der Waals surface area contributed by atoms with Crippen LogP contribution in [0.25, 0.3) is 0 Å². The van der Waals surface area contributed by atoms with E-state index in [-0.39, 0.29) is 6.09 Å².